The van der Waals surface area contributed by atoms with E-state index in [1.54, 1.807) is 6.33 Å². The zero-order chi connectivity index (χ0) is 24.9. The fourth-order valence-corrected chi connectivity index (χ4v) is 5.35. The number of pyridine rings is 2. The number of hydrogen-bond acceptors (Lipinski definition) is 5. The second-order valence-corrected chi connectivity index (χ2v) is 10.4. The number of carbonyl (C=O) groups excluding carboxylic acids is 1. The van der Waals surface area contributed by atoms with Gasteiger partial charge in [-0.25, -0.2) is 9.50 Å². The van der Waals surface area contributed by atoms with Gasteiger partial charge in [0, 0.05) is 42.0 Å². The van der Waals surface area contributed by atoms with Crippen LogP contribution in [0.3, 0.4) is 0 Å². The Morgan fingerprint density at radius 3 is 2.60 bits per heavy atom. The first-order valence-corrected chi connectivity index (χ1v) is 12.5. The van der Waals surface area contributed by atoms with Crippen molar-refractivity contribution < 1.29 is 4.79 Å². The average Bonchev–Trinajstić information content (AvgIpc) is 3.45. The highest BCUT2D eigenvalue weighted by Crippen LogP contribution is 2.38. The van der Waals surface area contributed by atoms with Gasteiger partial charge in [0.25, 0.3) is 0 Å². The van der Waals surface area contributed by atoms with Crippen molar-refractivity contribution in [3.05, 3.63) is 47.0 Å². The molecule has 0 aliphatic carbocycles. The lowest BCUT2D eigenvalue weighted by molar-refractivity contribution is -0.132. The smallest absolute Gasteiger partial charge is 0.236 e. The number of aryl methyl sites for hydroxylation is 1. The summed E-state index contributed by atoms with van der Waals surface area (Å²) in [6.45, 7) is 10.8. The number of fused-ring (bicyclic) bond motifs is 2. The molecular weight excluding hydrogens is 438 g/mol. The van der Waals surface area contributed by atoms with Gasteiger partial charge in [0.2, 0.25) is 5.91 Å². The summed E-state index contributed by atoms with van der Waals surface area (Å²) in [4.78, 5) is 29.7. The lowest BCUT2D eigenvalue weighted by atomic mass is 9.92. The van der Waals surface area contributed by atoms with Crippen molar-refractivity contribution in [3.8, 4) is 11.3 Å². The van der Waals surface area contributed by atoms with Gasteiger partial charge in [0.15, 0.2) is 5.65 Å². The first-order valence-electron chi connectivity index (χ1n) is 12.5. The third-order valence-electron chi connectivity index (χ3n) is 7.39. The maximum absolute atomic E-state index is 12.5. The van der Waals surface area contributed by atoms with Crippen LogP contribution in [0.5, 0.6) is 0 Å². The second kappa shape index (κ2) is 9.07. The Kier molecular flexibility index (Phi) is 6.09. The largest absolute Gasteiger partial charge is 0.353 e. The fraction of sp³-hybridized carbons (Fsp3) is 0.481. The Balaban J connectivity index is 1.50. The molecule has 1 amide bonds. The molecule has 5 rings (SSSR count). The van der Waals surface area contributed by atoms with Crippen LogP contribution in [0.15, 0.2) is 24.7 Å². The highest BCUT2D eigenvalue weighted by molar-refractivity contribution is 5.89. The number of hydrogen-bond donors (Lipinski definition) is 1. The number of likely N-dealkylation sites (N-methyl/N-ethyl adjacent to an activating group) is 1. The first kappa shape index (κ1) is 23.5. The molecule has 1 fully saturated rings. The summed E-state index contributed by atoms with van der Waals surface area (Å²) >= 11 is 0. The minimum Gasteiger partial charge on any atom is -0.353 e. The number of likely N-dealkylation sites (tertiary alicyclic amines) is 1. The molecule has 0 aromatic carbocycles. The standard InChI is InChI=1S/C27H35N7O/c1-16(2)24-25(20-13-34-27(28-15-29-34)18(4)17(20)3)31-22-8-7-21(30-26(22)24)19-9-11-33(12-10-19)23(35)14-32(5)6/h7-8,13,15-16,19,31H,9-12,14H2,1-6H3. The predicted octanol–water partition coefficient (Wildman–Crippen LogP) is 4.28. The summed E-state index contributed by atoms with van der Waals surface area (Å²) in [7, 11) is 3.88. The number of carbonyl (C=O) groups is 1. The molecular formula is C27H35N7O. The summed E-state index contributed by atoms with van der Waals surface area (Å²) in [5.74, 6) is 0.888. The third-order valence-corrected chi connectivity index (χ3v) is 7.39. The van der Waals surface area contributed by atoms with Crippen LogP contribution in [0.25, 0.3) is 27.9 Å². The minimum absolute atomic E-state index is 0.212. The van der Waals surface area contributed by atoms with Crippen molar-refractivity contribution in [1.29, 1.82) is 0 Å². The first-order chi connectivity index (χ1) is 16.7. The lowest BCUT2D eigenvalue weighted by Gasteiger charge is -2.32. The molecule has 0 spiro atoms. The number of rotatable bonds is 5. The van der Waals surface area contributed by atoms with Crippen molar-refractivity contribution >= 4 is 22.6 Å². The van der Waals surface area contributed by atoms with E-state index in [0.717, 1.165) is 65.1 Å². The van der Waals surface area contributed by atoms with Gasteiger partial charge >= 0.3 is 0 Å². The Labute approximate surface area is 206 Å². The molecule has 4 aromatic heterocycles. The zero-order valence-corrected chi connectivity index (χ0v) is 21.6. The highest BCUT2D eigenvalue weighted by Gasteiger charge is 2.26. The van der Waals surface area contributed by atoms with Crippen LogP contribution in [-0.2, 0) is 4.79 Å². The number of nitrogens with one attached hydrogen (secondary N) is 1. The SMILES string of the molecule is Cc1c(-c2[nH]c3ccc(C4CCN(C(=O)CN(C)C)CC4)nc3c2C(C)C)cn2ncnc2c1C. The maximum Gasteiger partial charge on any atom is 0.236 e. The highest BCUT2D eigenvalue weighted by atomic mass is 16.2. The van der Waals surface area contributed by atoms with E-state index < -0.39 is 0 Å². The normalized spacial score (nSPS) is 15.3. The number of aromatic nitrogens is 5. The molecule has 35 heavy (non-hydrogen) atoms. The molecule has 1 saturated heterocycles. The molecule has 5 heterocycles. The van der Waals surface area contributed by atoms with Gasteiger partial charge in [-0.1, -0.05) is 13.8 Å². The molecule has 184 valence electrons. The Morgan fingerprint density at radius 1 is 1.17 bits per heavy atom. The third kappa shape index (κ3) is 4.20. The van der Waals surface area contributed by atoms with Gasteiger partial charge in [0.1, 0.15) is 6.33 Å². The maximum atomic E-state index is 12.5. The van der Waals surface area contributed by atoms with Crippen LogP contribution in [0.1, 0.15) is 60.9 Å². The van der Waals surface area contributed by atoms with Gasteiger partial charge in [-0.3, -0.25) is 9.78 Å². The van der Waals surface area contributed by atoms with E-state index in [-0.39, 0.29) is 5.91 Å². The van der Waals surface area contributed by atoms with Crippen LogP contribution in [-0.4, -0.2) is 74.0 Å². The lowest BCUT2D eigenvalue weighted by Crippen LogP contribution is -2.42. The van der Waals surface area contributed by atoms with E-state index in [2.05, 4.69) is 61.1 Å². The summed E-state index contributed by atoms with van der Waals surface area (Å²) < 4.78 is 1.86. The topological polar surface area (TPSA) is 82.4 Å². The van der Waals surface area contributed by atoms with E-state index in [0.29, 0.717) is 18.4 Å². The average molecular weight is 474 g/mol. The van der Waals surface area contributed by atoms with E-state index in [1.807, 2.05) is 28.4 Å². The van der Waals surface area contributed by atoms with Crippen molar-refractivity contribution in [2.24, 2.45) is 0 Å². The number of aromatic amines is 1. The number of amides is 1. The van der Waals surface area contributed by atoms with Crippen molar-refractivity contribution in [1.82, 2.24) is 34.4 Å². The second-order valence-electron chi connectivity index (χ2n) is 10.4. The Bertz CT molecular complexity index is 1390. The molecule has 0 atom stereocenters. The number of nitrogens with zero attached hydrogens (tertiary/aromatic N) is 6. The Hall–Kier alpha value is -3.26. The minimum atomic E-state index is 0.212. The quantitative estimate of drug-likeness (QED) is 0.468. The summed E-state index contributed by atoms with van der Waals surface area (Å²) in [5.41, 5.74) is 9.96. The molecule has 0 radical (unpaired) electrons. The van der Waals surface area contributed by atoms with Gasteiger partial charge in [-0.05, 0) is 70.0 Å². The van der Waals surface area contributed by atoms with Crippen LogP contribution in [0.2, 0.25) is 0 Å². The van der Waals surface area contributed by atoms with E-state index in [9.17, 15) is 4.79 Å². The fourth-order valence-electron chi connectivity index (χ4n) is 5.35. The molecule has 0 bridgehead atoms. The van der Waals surface area contributed by atoms with Crippen LogP contribution in [0.4, 0.5) is 0 Å². The van der Waals surface area contributed by atoms with Gasteiger partial charge in [-0.15, -0.1) is 0 Å². The van der Waals surface area contributed by atoms with Gasteiger partial charge in [-0.2, -0.15) is 5.10 Å². The van der Waals surface area contributed by atoms with Crippen LogP contribution >= 0.6 is 0 Å². The zero-order valence-electron chi connectivity index (χ0n) is 21.6. The number of piperidine rings is 1. The monoisotopic (exact) mass is 473 g/mol. The molecule has 1 aliphatic heterocycles. The Morgan fingerprint density at radius 2 is 1.91 bits per heavy atom. The van der Waals surface area contributed by atoms with E-state index >= 15 is 0 Å². The van der Waals surface area contributed by atoms with Crippen LogP contribution in [0, 0.1) is 13.8 Å². The van der Waals surface area contributed by atoms with Crippen LogP contribution < -0.4 is 0 Å². The molecule has 1 N–H and O–H groups in total. The van der Waals surface area contributed by atoms with E-state index in [1.165, 1.54) is 11.1 Å². The van der Waals surface area contributed by atoms with Crippen molar-refractivity contribution in [2.75, 3.05) is 33.7 Å². The molecule has 0 unspecified atom stereocenters. The molecule has 4 aromatic rings. The molecule has 1 aliphatic rings. The molecule has 8 heteroatoms. The van der Waals surface area contributed by atoms with Gasteiger partial charge < -0.3 is 14.8 Å². The van der Waals surface area contributed by atoms with Crippen molar-refractivity contribution in [3.63, 3.8) is 0 Å². The predicted molar refractivity (Wildman–Crippen MR) is 139 cm³/mol. The summed E-state index contributed by atoms with van der Waals surface area (Å²) in [6, 6.07) is 4.33. The summed E-state index contributed by atoms with van der Waals surface area (Å²) in [6.07, 6.45) is 5.58. The molecule has 0 saturated carbocycles. The molecule has 8 nitrogen and oxygen atoms in total. The number of H-pyrrole nitrogens is 1. The summed E-state index contributed by atoms with van der Waals surface area (Å²) in [5, 5.41) is 4.39. The van der Waals surface area contributed by atoms with Crippen molar-refractivity contribution in [2.45, 2.75) is 52.4 Å². The van der Waals surface area contributed by atoms with Gasteiger partial charge in [0.05, 0.1) is 23.3 Å². The van der Waals surface area contributed by atoms with E-state index in [4.69, 9.17) is 4.98 Å².